The molecule has 15 nitrogen and oxygen atoms in total. The fourth-order valence-electron chi connectivity index (χ4n) is 8.32. The number of rotatable bonds is 15. The van der Waals surface area contributed by atoms with Gasteiger partial charge >= 0.3 is 11.9 Å². The molecule has 9 atom stereocenters. The maximum atomic E-state index is 14.3. The number of piperidine rings is 1. The third kappa shape index (κ3) is 9.01. The molecule has 55 heavy (non-hydrogen) atoms. The number of benzene rings is 1. The van der Waals surface area contributed by atoms with Crippen molar-refractivity contribution in [1.82, 2.24) is 25.4 Å². The highest BCUT2D eigenvalue weighted by molar-refractivity contribution is 7.09. The molecule has 1 saturated carbocycles. The molecule has 3 amide bonds. The van der Waals surface area contributed by atoms with Crippen LogP contribution >= 0.6 is 11.3 Å². The van der Waals surface area contributed by atoms with Crippen molar-refractivity contribution >= 4 is 46.7 Å². The van der Waals surface area contributed by atoms with E-state index in [9.17, 15) is 39.2 Å². The molecule has 3 aliphatic rings. The first-order chi connectivity index (χ1) is 25.9. The molecule has 0 bridgehead atoms. The average molecular weight is 783 g/mol. The van der Waals surface area contributed by atoms with Gasteiger partial charge in [0.1, 0.15) is 16.7 Å². The number of hydrogen-bond donors (Lipinski definition) is 3. The maximum absolute atomic E-state index is 14.3. The minimum Gasteiger partial charge on any atom is -0.481 e. The van der Waals surface area contributed by atoms with E-state index < -0.39 is 52.4 Å². The van der Waals surface area contributed by atoms with Crippen molar-refractivity contribution in [2.75, 3.05) is 20.6 Å². The highest BCUT2D eigenvalue weighted by atomic mass is 32.1. The van der Waals surface area contributed by atoms with E-state index in [0.717, 1.165) is 30.7 Å². The zero-order chi connectivity index (χ0) is 40.5. The number of carbonyl (C=O) groups is 5. The number of likely N-dealkylation sites (N-methyl/N-ethyl adjacent to an activating group) is 2. The minimum atomic E-state index is -1.13. The number of fused-ring (bicyclic) bond motifs is 3. The standard InChI is InChI=1S/C39H54N6O9S/c1-9-22(5)33(41-35(48)31-14-21(4)12-13-43(31)7)37(49)44(8)30(20(2)3)16-32(54-23(6)46)36-40-29(19-55-36)34(47)42-39-17-27(38(50)51)26-15-24(45(52)53)10-11-25(26)28(39)18-39/h10-11,15,19-22,27-28,30-33H,9,12-14,16-18H2,1-8H3,(H,41,48)(H,42,47)(H,50,51)/t21-,22+,27-,28+,30-,31-,32-,33+,39?/m1/s1. The summed E-state index contributed by atoms with van der Waals surface area (Å²) in [6.45, 7) is 12.1. The Morgan fingerprint density at radius 2 is 1.89 bits per heavy atom. The monoisotopic (exact) mass is 782 g/mol. The van der Waals surface area contributed by atoms with Crippen molar-refractivity contribution in [2.45, 2.75) is 122 Å². The molecule has 2 fully saturated rings. The van der Waals surface area contributed by atoms with Crippen molar-refractivity contribution < 1.29 is 38.7 Å². The van der Waals surface area contributed by atoms with Crippen molar-refractivity contribution in [2.24, 2.45) is 17.8 Å². The quantitative estimate of drug-likeness (QED) is 0.125. The summed E-state index contributed by atoms with van der Waals surface area (Å²) in [6.07, 6.45) is 2.26. The van der Waals surface area contributed by atoms with Gasteiger partial charge < -0.3 is 25.4 Å². The van der Waals surface area contributed by atoms with Crippen LogP contribution in [-0.2, 0) is 23.9 Å². The number of nitro benzene ring substituents is 1. The van der Waals surface area contributed by atoms with E-state index in [0.29, 0.717) is 34.9 Å². The van der Waals surface area contributed by atoms with E-state index >= 15 is 0 Å². The number of aliphatic carboxylic acids is 1. The number of hydrogen-bond acceptors (Lipinski definition) is 11. The van der Waals surface area contributed by atoms with Gasteiger partial charge in [0, 0.05) is 55.4 Å². The van der Waals surface area contributed by atoms with Crippen LogP contribution < -0.4 is 10.6 Å². The smallest absolute Gasteiger partial charge is 0.311 e. The van der Waals surface area contributed by atoms with Crippen LogP contribution in [0.15, 0.2) is 23.6 Å². The van der Waals surface area contributed by atoms with Crippen LogP contribution in [0.5, 0.6) is 0 Å². The number of carboxylic acids is 1. The van der Waals surface area contributed by atoms with Crippen LogP contribution in [0.1, 0.15) is 125 Å². The van der Waals surface area contributed by atoms with Crippen LogP contribution in [0, 0.1) is 27.9 Å². The fourth-order valence-corrected chi connectivity index (χ4v) is 9.16. The summed E-state index contributed by atoms with van der Waals surface area (Å²) in [5, 5.41) is 29.4. The number of carboxylic acid groups (broad SMARTS) is 1. The van der Waals surface area contributed by atoms with Gasteiger partial charge in [-0.1, -0.05) is 47.1 Å². The summed E-state index contributed by atoms with van der Waals surface area (Å²) in [4.78, 5) is 85.3. The number of non-ortho nitro benzene ring substituents is 1. The SMILES string of the molecule is CC[C@H](C)[C@H](NC(=O)[C@H]1C[C@H](C)CCN1C)C(=O)N(C)[C@H](C[C@@H](OC(C)=O)c1nc(C(=O)NC23C[C@@H](C(=O)O)c4cc([N+](=O)[O-])ccc4[C@@H]2C3)cs1)C(C)C. The van der Waals surface area contributed by atoms with Gasteiger partial charge in [0.15, 0.2) is 6.10 Å². The Kier molecular flexibility index (Phi) is 12.7. The fraction of sp³-hybridized carbons (Fsp3) is 0.641. The Morgan fingerprint density at radius 3 is 2.51 bits per heavy atom. The molecule has 1 aliphatic heterocycles. The second-order valence-electron chi connectivity index (χ2n) is 16.2. The number of ether oxygens (including phenoxy) is 1. The normalized spacial score (nSPS) is 25.3. The number of nitrogens with one attached hydrogen (secondary N) is 2. The third-order valence-electron chi connectivity index (χ3n) is 12.0. The Balaban J connectivity index is 1.32. The molecule has 0 spiro atoms. The molecule has 2 aromatic rings. The molecule has 5 rings (SSSR count). The lowest BCUT2D eigenvalue weighted by atomic mass is 9.79. The summed E-state index contributed by atoms with van der Waals surface area (Å²) in [6, 6.07) is 2.73. The van der Waals surface area contributed by atoms with Gasteiger partial charge in [-0.3, -0.25) is 39.0 Å². The average Bonchev–Trinajstić information content (AvgIpc) is 3.63. The van der Waals surface area contributed by atoms with Gasteiger partial charge in [-0.05, 0) is 68.2 Å². The molecule has 1 aromatic carbocycles. The topological polar surface area (TPSA) is 201 Å². The van der Waals surface area contributed by atoms with E-state index in [-0.39, 0.29) is 59.8 Å². The van der Waals surface area contributed by atoms with E-state index in [4.69, 9.17) is 4.74 Å². The summed E-state index contributed by atoms with van der Waals surface area (Å²) < 4.78 is 5.77. The first-order valence-corrected chi connectivity index (χ1v) is 20.0. The first kappa shape index (κ1) is 41.7. The van der Waals surface area contributed by atoms with Crippen molar-refractivity contribution in [1.29, 1.82) is 0 Å². The molecule has 0 radical (unpaired) electrons. The van der Waals surface area contributed by atoms with Crippen LogP contribution in [0.25, 0.3) is 0 Å². The lowest BCUT2D eigenvalue weighted by molar-refractivity contribution is -0.385. The van der Waals surface area contributed by atoms with E-state index in [1.807, 2.05) is 39.6 Å². The van der Waals surface area contributed by atoms with Gasteiger partial charge in [0.2, 0.25) is 11.8 Å². The number of esters is 1. The zero-order valence-electron chi connectivity index (χ0n) is 32.9. The lowest BCUT2D eigenvalue weighted by Gasteiger charge is -2.39. The number of nitrogens with zero attached hydrogens (tertiary/aromatic N) is 4. The molecule has 2 aliphatic carbocycles. The molecule has 1 saturated heterocycles. The van der Waals surface area contributed by atoms with Gasteiger partial charge in [-0.15, -0.1) is 11.3 Å². The van der Waals surface area contributed by atoms with Gasteiger partial charge in [0.05, 0.1) is 16.9 Å². The highest BCUT2D eigenvalue weighted by Crippen LogP contribution is 2.61. The van der Waals surface area contributed by atoms with Crippen LogP contribution in [0.2, 0.25) is 0 Å². The molecular weight excluding hydrogens is 729 g/mol. The Hall–Kier alpha value is -4.44. The molecule has 300 valence electrons. The summed E-state index contributed by atoms with van der Waals surface area (Å²) >= 11 is 1.14. The molecule has 1 aromatic heterocycles. The largest absolute Gasteiger partial charge is 0.481 e. The summed E-state index contributed by atoms with van der Waals surface area (Å²) in [5.74, 6) is -3.67. The summed E-state index contributed by atoms with van der Waals surface area (Å²) in [7, 11) is 3.63. The lowest BCUT2D eigenvalue weighted by Crippen LogP contribution is -2.58. The number of likely N-dealkylation sites (tertiary alicyclic amines) is 1. The van der Waals surface area contributed by atoms with E-state index in [1.54, 1.807) is 23.4 Å². The minimum absolute atomic E-state index is 0.0744. The highest BCUT2D eigenvalue weighted by Gasteiger charge is 2.61. The number of carbonyl (C=O) groups excluding carboxylic acids is 4. The number of aromatic nitrogens is 1. The zero-order valence-corrected chi connectivity index (χ0v) is 33.7. The van der Waals surface area contributed by atoms with Gasteiger partial charge in [-0.2, -0.15) is 0 Å². The predicted molar refractivity (Wildman–Crippen MR) is 204 cm³/mol. The third-order valence-corrected chi connectivity index (χ3v) is 12.9. The molecular formula is C39H54N6O9S. The maximum Gasteiger partial charge on any atom is 0.311 e. The number of nitro groups is 1. The van der Waals surface area contributed by atoms with E-state index in [1.165, 1.54) is 19.1 Å². The molecule has 3 N–H and O–H groups in total. The van der Waals surface area contributed by atoms with Crippen LogP contribution in [-0.4, -0.2) is 98.8 Å². The Morgan fingerprint density at radius 1 is 1.18 bits per heavy atom. The van der Waals surface area contributed by atoms with E-state index in [2.05, 4.69) is 22.5 Å². The van der Waals surface area contributed by atoms with Gasteiger partial charge in [-0.25, -0.2) is 4.98 Å². The van der Waals surface area contributed by atoms with Crippen molar-refractivity contribution in [3.8, 4) is 0 Å². The molecule has 2 heterocycles. The summed E-state index contributed by atoms with van der Waals surface area (Å²) in [5.41, 5.74) is 0.102. The van der Waals surface area contributed by atoms with Crippen molar-refractivity contribution in [3.05, 3.63) is 55.5 Å². The number of thiazole rings is 1. The molecule has 1 unspecified atom stereocenters. The van der Waals surface area contributed by atoms with Crippen LogP contribution in [0.3, 0.4) is 0 Å². The van der Waals surface area contributed by atoms with Gasteiger partial charge in [0.25, 0.3) is 11.6 Å². The Labute approximate surface area is 325 Å². The second-order valence-corrected chi connectivity index (χ2v) is 17.1. The predicted octanol–water partition coefficient (Wildman–Crippen LogP) is 5.02. The second kappa shape index (κ2) is 16.7. The van der Waals surface area contributed by atoms with Crippen molar-refractivity contribution in [3.63, 3.8) is 0 Å². The Bertz CT molecular complexity index is 1820. The first-order valence-electron chi connectivity index (χ1n) is 19.1. The van der Waals surface area contributed by atoms with Crippen LogP contribution in [0.4, 0.5) is 5.69 Å². The number of amides is 3. The molecule has 16 heteroatoms.